The van der Waals surface area contributed by atoms with Gasteiger partial charge in [-0.25, -0.2) is 9.17 Å². The maximum Gasteiger partial charge on any atom is 0.358 e. The van der Waals surface area contributed by atoms with Gasteiger partial charge in [0.1, 0.15) is 0 Å². The van der Waals surface area contributed by atoms with Crippen LogP contribution in [-0.2, 0) is 4.79 Å². The van der Waals surface area contributed by atoms with Crippen LogP contribution >= 0.6 is 11.5 Å². The molecular formula is C5H4N2O3S. The van der Waals surface area contributed by atoms with Crippen LogP contribution in [0.5, 0.6) is 0 Å². The SMILES string of the molecule is O=C(O)C(=NO)c1cnsc1. The second-order valence-electron chi connectivity index (χ2n) is 1.67. The predicted molar refractivity (Wildman–Crippen MR) is 38.1 cm³/mol. The quantitative estimate of drug-likeness (QED) is 0.384. The Kier molecular flexibility index (Phi) is 2.17. The molecule has 0 unspecified atom stereocenters. The van der Waals surface area contributed by atoms with Crippen LogP contribution in [0.15, 0.2) is 16.7 Å². The lowest BCUT2D eigenvalue weighted by Gasteiger charge is -1.90. The van der Waals surface area contributed by atoms with Crippen LogP contribution in [0, 0.1) is 0 Å². The molecule has 0 radical (unpaired) electrons. The van der Waals surface area contributed by atoms with Gasteiger partial charge in [-0.05, 0) is 11.5 Å². The third-order valence-electron chi connectivity index (χ3n) is 1.01. The first-order chi connectivity index (χ1) is 5.25. The van der Waals surface area contributed by atoms with Gasteiger partial charge in [0.05, 0.1) is 6.20 Å². The highest BCUT2D eigenvalue weighted by Gasteiger charge is 2.13. The average Bonchev–Trinajstić information content (AvgIpc) is 2.40. The topological polar surface area (TPSA) is 82.8 Å². The van der Waals surface area contributed by atoms with Gasteiger partial charge in [0.2, 0.25) is 0 Å². The third kappa shape index (κ3) is 1.53. The molecule has 0 amide bonds. The van der Waals surface area contributed by atoms with E-state index in [-0.39, 0.29) is 0 Å². The number of oxime groups is 1. The van der Waals surface area contributed by atoms with Crippen LogP contribution < -0.4 is 0 Å². The zero-order valence-corrected chi connectivity index (χ0v) is 6.08. The van der Waals surface area contributed by atoms with Crippen molar-refractivity contribution in [1.82, 2.24) is 4.37 Å². The molecule has 0 aliphatic carbocycles. The molecule has 0 atom stereocenters. The molecule has 6 heteroatoms. The average molecular weight is 172 g/mol. The van der Waals surface area contributed by atoms with Gasteiger partial charge in [0, 0.05) is 10.9 Å². The number of aromatic nitrogens is 1. The van der Waals surface area contributed by atoms with Gasteiger partial charge in [0.25, 0.3) is 0 Å². The normalized spacial score (nSPS) is 11.5. The number of carbonyl (C=O) groups is 1. The summed E-state index contributed by atoms with van der Waals surface area (Å²) in [6.07, 6.45) is 1.33. The predicted octanol–water partition coefficient (Wildman–Crippen LogP) is 0.406. The molecule has 11 heavy (non-hydrogen) atoms. The van der Waals surface area contributed by atoms with E-state index < -0.39 is 11.7 Å². The highest BCUT2D eigenvalue weighted by Crippen LogP contribution is 2.03. The van der Waals surface area contributed by atoms with E-state index in [4.69, 9.17) is 10.3 Å². The Morgan fingerprint density at radius 1 is 1.73 bits per heavy atom. The van der Waals surface area contributed by atoms with Crippen LogP contribution in [0.25, 0.3) is 0 Å². The van der Waals surface area contributed by atoms with Crippen molar-refractivity contribution in [3.8, 4) is 0 Å². The maximum atomic E-state index is 10.3. The molecule has 2 N–H and O–H groups in total. The highest BCUT2D eigenvalue weighted by atomic mass is 32.1. The van der Waals surface area contributed by atoms with E-state index in [1.165, 1.54) is 11.6 Å². The molecule has 58 valence electrons. The van der Waals surface area contributed by atoms with Crippen molar-refractivity contribution >= 4 is 23.2 Å². The molecule has 0 aliphatic rings. The van der Waals surface area contributed by atoms with Crippen molar-refractivity contribution in [3.05, 3.63) is 17.1 Å². The lowest BCUT2D eigenvalue weighted by atomic mass is 10.2. The second-order valence-corrected chi connectivity index (χ2v) is 2.32. The van der Waals surface area contributed by atoms with Crippen molar-refractivity contribution in [2.45, 2.75) is 0 Å². The summed E-state index contributed by atoms with van der Waals surface area (Å²) in [6, 6.07) is 0. The van der Waals surface area contributed by atoms with Crippen molar-refractivity contribution in [2.75, 3.05) is 0 Å². The number of nitrogens with zero attached hydrogens (tertiary/aromatic N) is 2. The lowest BCUT2D eigenvalue weighted by molar-refractivity contribution is -0.129. The lowest BCUT2D eigenvalue weighted by Crippen LogP contribution is -2.13. The van der Waals surface area contributed by atoms with Crippen molar-refractivity contribution < 1.29 is 15.1 Å². The Morgan fingerprint density at radius 2 is 2.45 bits per heavy atom. The Morgan fingerprint density at radius 3 is 2.82 bits per heavy atom. The minimum Gasteiger partial charge on any atom is -0.476 e. The first-order valence-corrected chi connectivity index (χ1v) is 3.44. The zero-order chi connectivity index (χ0) is 8.27. The molecule has 0 fully saturated rings. The molecule has 0 aromatic carbocycles. The molecule has 0 saturated heterocycles. The van der Waals surface area contributed by atoms with E-state index in [1.54, 1.807) is 0 Å². The third-order valence-corrected chi connectivity index (χ3v) is 1.59. The summed E-state index contributed by atoms with van der Waals surface area (Å²) in [5.74, 6) is -1.27. The van der Waals surface area contributed by atoms with Crippen LogP contribution in [-0.4, -0.2) is 26.4 Å². The minimum absolute atomic E-state index is 0.310. The standard InChI is InChI=1S/C5H4N2O3S/c8-5(9)4(7-10)3-1-6-11-2-3/h1-2,10H,(H,8,9). The van der Waals surface area contributed by atoms with E-state index >= 15 is 0 Å². The van der Waals surface area contributed by atoms with E-state index in [0.29, 0.717) is 5.56 Å². The molecule has 1 aromatic rings. The van der Waals surface area contributed by atoms with Crippen LogP contribution in [0.1, 0.15) is 5.56 Å². The Hall–Kier alpha value is -1.43. The fourth-order valence-corrected chi connectivity index (χ4v) is 1.07. The summed E-state index contributed by atoms with van der Waals surface area (Å²) in [5, 5.41) is 20.8. The van der Waals surface area contributed by atoms with Crippen molar-refractivity contribution in [1.29, 1.82) is 0 Å². The second kappa shape index (κ2) is 3.11. The van der Waals surface area contributed by atoms with Crippen LogP contribution in [0.4, 0.5) is 0 Å². The summed E-state index contributed by atoms with van der Waals surface area (Å²) in [7, 11) is 0. The van der Waals surface area contributed by atoms with Gasteiger partial charge < -0.3 is 10.3 Å². The fourth-order valence-electron chi connectivity index (χ4n) is 0.546. The fraction of sp³-hybridized carbons (Fsp3) is 0. The molecule has 0 spiro atoms. The Balaban J connectivity index is 2.99. The molecule has 5 nitrogen and oxygen atoms in total. The number of rotatable bonds is 2. The number of hydrogen-bond acceptors (Lipinski definition) is 5. The van der Waals surface area contributed by atoms with E-state index in [2.05, 4.69) is 9.53 Å². The molecule has 1 aromatic heterocycles. The highest BCUT2D eigenvalue weighted by molar-refractivity contribution is 7.03. The largest absolute Gasteiger partial charge is 0.476 e. The number of carboxylic acids is 1. The van der Waals surface area contributed by atoms with Crippen LogP contribution in [0.3, 0.4) is 0 Å². The van der Waals surface area contributed by atoms with Gasteiger partial charge in [-0.2, -0.15) is 0 Å². The zero-order valence-electron chi connectivity index (χ0n) is 5.26. The van der Waals surface area contributed by atoms with Crippen LogP contribution in [0.2, 0.25) is 0 Å². The van der Waals surface area contributed by atoms with E-state index in [1.807, 2.05) is 0 Å². The summed E-state index contributed by atoms with van der Waals surface area (Å²) in [5.41, 5.74) is -0.0799. The van der Waals surface area contributed by atoms with Gasteiger partial charge in [0.15, 0.2) is 5.71 Å². The molecule has 1 rings (SSSR count). The number of aliphatic carboxylic acids is 1. The molecule has 0 saturated carbocycles. The molecule has 1 heterocycles. The number of carboxylic acid groups (broad SMARTS) is 1. The first-order valence-electron chi connectivity index (χ1n) is 2.61. The maximum absolute atomic E-state index is 10.3. The summed E-state index contributed by atoms with van der Waals surface area (Å²) in [6.45, 7) is 0. The molecule has 0 bridgehead atoms. The Bertz CT molecular complexity index is 280. The monoisotopic (exact) mass is 172 g/mol. The minimum atomic E-state index is -1.27. The Labute approximate surface area is 65.8 Å². The van der Waals surface area contributed by atoms with Gasteiger partial charge in [-0.15, -0.1) is 0 Å². The van der Waals surface area contributed by atoms with Gasteiger partial charge >= 0.3 is 5.97 Å². The van der Waals surface area contributed by atoms with E-state index in [0.717, 1.165) is 11.5 Å². The summed E-state index contributed by atoms with van der Waals surface area (Å²) >= 11 is 1.10. The number of hydrogen-bond donors (Lipinski definition) is 2. The van der Waals surface area contributed by atoms with Crippen molar-refractivity contribution in [2.24, 2.45) is 5.16 Å². The smallest absolute Gasteiger partial charge is 0.358 e. The van der Waals surface area contributed by atoms with Gasteiger partial charge in [-0.1, -0.05) is 5.16 Å². The van der Waals surface area contributed by atoms with E-state index in [9.17, 15) is 4.79 Å². The summed E-state index contributed by atoms with van der Waals surface area (Å²) in [4.78, 5) is 10.3. The summed E-state index contributed by atoms with van der Waals surface area (Å²) < 4.78 is 3.66. The molecule has 0 aliphatic heterocycles. The first kappa shape index (κ1) is 7.67. The van der Waals surface area contributed by atoms with Crippen molar-refractivity contribution in [3.63, 3.8) is 0 Å². The van der Waals surface area contributed by atoms with Gasteiger partial charge in [-0.3, -0.25) is 0 Å². The molecular weight excluding hydrogens is 168 g/mol.